The Morgan fingerprint density at radius 1 is 1.40 bits per heavy atom. The molecule has 0 atom stereocenters. The topological polar surface area (TPSA) is 52.0 Å². The van der Waals surface area contributed by atoms with E-state index in [0.29, 0.717) is 29.9 Å². The first kappa shape index (κ1) is 14.9. The molecule has 0 unspecified atom stereocenters. The van der Waals surface area contributed by atoms with E-state index < -0.39 is 0 Å². The second-order valence-electron chi connectivity index (χ2n) is 4.21. The zero-order valence-corrected chi connectivity index (χ0v) is 12.7. The largest absolute Gasteiger partial charge is 0.492 e. The molecule has 0 spiro atoms. The SMILES string of the molecule is CCNCc1cn(CCOc2cc(F)cc(Br)c2)nn1. The van der Waals surface area contributed by atoms with Gasteiger partial charge in [0.1, 0.15) is 18.2 Å². The second-order valence-corrected chi connectivity index (χ2v) is 5.12. The van der Waals surface area contributed by atoms with Crippen LogP contribution in [0.4, 0.5) is 4.39 Å². The number of hydrogen-bond acceptors (Lipinski definition) is 4. The van der Waals surface area contributed by atoms with Crippen LogP contribution in [0.15, 0.2) is 28.9 Å². The van der Waals surface area contributed by atoms with Gasteiger partial charge in [0.05, 0.1) is 12.2 Å². The van der Waals surface area contributed by atoms with Gasteiger partial charge < -0.3 is 10.1 Å². The molecule has 2 rings (SSSR count). The van der Waals surface area contributed by atoms with Gasteiger partial charge in [0.15, 0.2) is 0 Å². The van der Waals surface area contributed by atoms with E-state index in [9.17, 15) is 4.39 Å². The van der Waals surface area contributed by atoms with Gasteiger partial charge in [0.2, 0.25) is 0 Å². The first-order valence-electron chi connectivity index (χ1n) is 6.36. The lowest BCUT2D eigenvalue weighted by Gasteiger charge is -2.06. The molecule has 0 bridgehead atoms. The first-order chi connectivity index (χ1) is 9.67. The molecule has 1 heterocycles. The minimum Gasteiger partial charge on any atom is -0.492 e. The maximum Gasteiger partial charge on any atom is 0.128 e. The highest BCUT2D eigenvalue weighted by Gasteiger charge is 2.02. The van der Waals surface area contributed by atoms with Crippen molar-refractivity contribution in [2.24, 2.45) is 0 Å². The van der Waals surface area contributed by atoms with E-state index >= 15 is 0 Å². The minimum atomic E-state index is -0.331. The zero-order valence-electron chi connectivity index (χ0n) is 11.1. The van der Waals surface area contributed by atoms with Crippen molar-refractivity contribution in [3.05, 3.63) is 40.4 Å². The Bertz CT molecular complexity index is 541. The third-order valence-corrected chi connectivity index (χ3v) is 3.03. The van der Waals surface area contributed by atoms with Crippen molar-refractivity contribution < 1.29 is 9.13 Å². The quantitative estimate of drug-likeness (QED) is 0.839. The van der Waals surface area contributed by atoms with Gasteiger partial charge in [-0.1, -0.05) is 28.1 Å². The summed E-state index contributed by atoms with van der Waals surface area (Å²) in [5, 5.41) is 11.2. The highest BCUT2D eigenvalue weighted by Crippen LogP contribution is 2.20. The molecule has 0 aliphatic rings. The third kappa shape index (κ3) is 4.57. The summed E-state index contributed by atoms with van der Waals surface area (Å²) in [5.74, 6) is 0.160. The maximum atomic E-state index is 13.2. The molecule has 7 heteroatoms. The fraction of sp³-hybridized carbons (Fsp3) is 0.385. The average Bonchev–Trinajstić information content (AvgIpc) is 2.83. The zero-order chi connectivity index (χ0) is 14.4. The van der Waals surface area contributed by atoms with E-state index in [1.54, 1.807) is 10.7 Å². The van der Waals surface area contributed by atoms with E-state index in [-0.39, 0.29) is 5.82 Å². The van der Waals surface area contributed by atoms with Crippen molar-refractivity contribution >= 4 is 15.9 Å². The van der Waals surface area contributed by atoms with Gasteiger partial charge in [0.25, 0.3) is 0 Å². The summed E-state index contributed by atoms with van der Waals surface area (Å²) >= 11 is 3.22. The Morgan fingerprint density at radius 3 is 3.00 bits per heavy atom. The number of nitrogens with one attached hydrogen (secondary N) is 1. The number of hydrogen-bond donors (Lipinski definition) is 1. The van der Waals surface area contributed by atoms with Crippen LogP contribution in [0.25, 0.3) is 0 Å². The summed E-state index contributed by atoms with van der Waals surface area (Å²) in [6.07, 6.45) is 1.87. The summed E-state index contributed by atoms with van der Waals surface area (Å²) in [4.78, 5) is 0. The van der Waals surface area contributed by atoms with Crippen LogP contribution in [0.2, 0.25) is 0 Å². The molecule has 0 radical (unpaired) electrons. The molecule has 5 nitrogen and oxygen atoms in total. The minimum absolute atomic E-state index is 0.331. The predicted molar refractivity (Wildman–Crippen MR) is 77.0 cm³/mol. The van der Waals surface area contributed by atoms with E-state index in [1.807, 2.05) is 13.1 Å². The van der Waals surface area contributed by atoms with Crippen LogP contribution >= 0.6 is 15.9 Å². The molecule has 0 aliphatic carbocycles. The molecule has 0 saturated carbocycles. The van der Waals surface area contributed by atoms with Crippen molar-refractivity contribution in [1.82, 2.24) is 20.3 Å². The Hall–Kier alpha value is -1.47. The standard InChI is InChI=1S/C13H16BrFN4O/c1-2-16-8-12-9-19(18-17-12)3-4-20-13-6-10(14)5-11(15)7-13/h5-7,9,16H,2-4,8H2,1H3. The Kier molecular flexibility index (Phi) is 5.49. The molecule has 108 valence electrons. The lowest BCUT2D eigenvalue weighted by Crippen LogP contribution is -2.12. The molecule has 0 saturated heterocycles. The van der Waals surface area contributed by atoms with Crippen molar-refractivity contribution in [2.45, 2.75) is 20.0 Å². The number of rotatable bonds is 7. The summed E-state index contributed by atoms with van der Waals surface area (Å²) in [7, 11) is 0. The van der Waals surface area contributed by atoms with E-state index in [2.05, 4.69) is 31.6 Å². The van der Waals surface area contributed by atoms with Crippen LogP contribution in [0.1, 0.15) is 12.6 Å². The Morgan fingerprint density at radius 2 is 2.25 bits per heavy atom. The number of ether oxygens (including phenoxy) is 1. The maximum absolute atomic E-state index is 13.2. The summed E-state index contributed by atoms with van der Waals surface area (Å²) in [5.41, 5.74) is 0.889. The Balaban J connectivity index is 1.81. The van der Waals surface area contributed by atoms with Crippen molar-refractivity contribution in [1.29, 1.82) is 0 Å². The van der Waals surface area contributed by atoms with Crippen LogP contribution in [0.5, 0.6) is 5.75 Å². The molecular formula is C13H16BrFN4O. The van der Waals surface area contributed by atoms with Crippen molar-refractivity contribution in [2.75, 3.05) is 13.2 Å². The molecule has 20 heavy (non-hydrogen) atoms. The fourth-order valence-electron chi connectivity index (χ4n) is 1.65. The highest BCUT2D eigenvalue weighted by atomic mass is 79.9. The molecule has 1 N–H and O–H groups in total. The summed E-state index contributed by atoms with van der Waals surface area (Å²) in [6, 6.07) is 4.46. The smallest absolute Gasteiger partial charge is 0.128 e. The molecule has 2 aromatic rings. The van der Waals surface area contributed by atoms with Crippen molar-refractivity contribution in [3.8, 4) is 5.75 Å². The monoisotopic (exact) mass is 342 g/mol. The highest BCUT2D eigenvalue weighted by molar-refractivity contribution is 9.10. The number of aromatic nitrogens is 3. The van der Waals surface area contributed by atoms with Crippen molar-refractivity contribution in [3.63, 3.8) is 0 Å². The van der Waals surface area contributed by atoms with Gasteiger partial charge in [-0.05, 0) is 18.7 Å². The molecule has 1 aromatic heterocycles. The van der Waals surface area contributed by atoms with Gasteiger partial charge >= 0.3 is 0 Å². The van der Waals surface area contributed by atoms with E-state index in [4.69, 9.17) is 4.74 Å². The fourth-order valence-corrected chi connectivity index (χ4v) is 2.10. The van der Waals surface area contributed by atoms with Gasteiger partial charge in [-0.2, -0.15) is 0 Å². The van der Waals surface area contributed by atoms with Crippen LogP contribution < -0.4 is 10.1 Å². The lowest BCUT2D eigenvalue weighted by molar-refractivity contribution is 0.288. The third-order valence-electron chi connectivity index (χ3n) is 2.57. The first-order valence-corrected chi connectivity index (χ1v) is 7.15. The number of benzene rings is 1. The number of nitrogens with zero attached hydrogens (tertiary/aromatic N) is 3. The lowest BCUT2D eigenvalue weighted by atomic mass is 10.3. The van der Waals surface area contributed by atoms with E-state index in [1.165, 1.54) is 12.1 Å². The normalized spacial score (nSPS) is 10.8. The Labute approximate surface area is 125 Å². The predicted octanol–water partition coefficient (Wildman–Crippen LogP) is 2.37. The van der Waals surface area contributed by atoms with E-state index in [0.717, 1.165) is 12.2 Å². The van der Waals surface area contributed by atoms with Gasteiger partial charge in [-0.3, -0.25) is 0 Å². The number of halogens is 2. The van der Waals surface area contributed by atoms with Gasteiger partial charge in [0, 0.05) is 23.3 Å². The molecular weight excluding hydrogens is 327 g/mol. The second kappa shape index (κ2) is 7.35. The molecule has 0 fully saturated rings. The van der Waals surface area contributed by atoms with Gasteiger partial charge in [-0.25, -0.2) is 9.07 Å². The average molecular weight is 343 g/mol. The summed E-state index contributed by atoms with van der Waals surface area (Å²) < 4.78 is 21.0. The van der Waals surface area contributed by atoms with Gasteiger partial charge in [-0.15, -0.1) is 5.10 Å². The molecule has 1 aromatic carbocycles. The van der Waals surface area contributed by atoms with Crippen LogP contribution in [0.3, 0.4) is 0 Å². The molecule has 0 aliphatic heterocycles. The van der Waals surface area contributed by atoms with Crippen LogP contribution in [0, 0.1) is 5.82 Å². The van der Waals surface area contributed by atoms with Crippen LogP contribution in [-0.4, -0.2) is 28.1 Å². The molecule has 0 amide bonds. The van der Waals surface area contributed by atoms with Crippen LogP contribution in [-0.2, 0) is 13.1 Å². The summed E-state index contributed by atoms with van der Waals surface area (Å²) in [6.45, 7) is 4.60.